The molecule has 0 bridgehead atoms. The lowest BCUT2D eigenvalue weighted by molar-refractivity contribution is 0.460. The zero-order valence-electron chi connectivity index (χ0n) is 88.9. The van der Waals surface area contributed by atoms with Gasteiger partial charge in [-0.3, -0.25) is 0 Å². The average molecular weight is 1560 g/mol. The third-order valence-electron chi connectivity index (χ3n) is 23.8. The van der Waals surface area contributed by atoms with Crippen LogP contribution in [-0.4, -0.2) is 13.4 Å². The molecule has 606 valence electrons. The minimum absolute atomic E-state index is 0.0229. The van der Waals surface area contributed by atoms with Crippen LogP contribution < -0.4 is 61.7 Å². The zero-order valence-corrected chi connectivity index (χ0v) is 76.9. The smallest absolute Gasteiger partial charge is 0.260 e. The SMILES string of the molecule is [2H]c1c([2H])c(C(C)(C)C)c([2H])c2c1B1c3c([2H])c4c(c([2H])c3Oc3c([2H])c(N(c5cc(C(C)(C)C)cc(C(C)(C)C)c5)c5cc(C(C)(C)C)cc(C(C)(C)C)c5)c([2H])c(c31)O2)B1c2c([2H])c([2H])c(C(C)(C)C)c([2H])c2N(c2cc(C(C)(C)C)cc(C(C)(C)C)c2)c2c([2H])c(N(c3cc(C(C)(C)C)cc(C(C)(C)C)c3)c3cc(C(C)(C)C)cc(C(C)(C)C)c3)c([2H])c(c21)O4. The van der Waals surface area contributed by atoms with Gasteiger partial charge in [0.05, 0.1) is 27.8 Å². The minimum Gasteiger partial charge on any atom is -0.458 e. The molecule has 0 unspecified atom stereocenters. The third-order valence-corrected chi connectivity index (χ3v) is 23.8. The van der Waals surface area contributed by atoms with Crippen molar-refractivity contribution in [3.63, 3.8) is 0 Å². The maximum absolute atomic E-state index is 11.9. The van der Waals surface area contributed by atoms with Crippen LogP contribution in [0, 0.1) is 0 Å². The van der Waals surface area contributed by atoms with Gasteiger partial charge in [0.1, 0.15) is 34.5 Å². The van der Waals surface area contributed by atoms with Crippen molar-refractivity contribution in [1.82, 2.24) is 0 Å². The number of ether oxygens (including phenoxy) is 3. The summed E-state index contributed by atoms with van der Waals surface area (Å²) in [6.07, 6.45) is 0. The van der Waals surface area contributed by atoms with Gasteiger partial charge in [-0.2, -0.15) is 0 Å². The molecule has 0 aliphatic carbocycles. The van der Waals surface area contributed by atoms with Crippen LogP contribution >= 0.6 is 0 Å². The van der Waals surface area contributed by atoms with Gasteiger partial charge in [-0.05, 0) is 250 Å². The number of rotatable bonds is 7. The quantitative estimate of drug-likeness (QED) is 0.148. The zero-order chi connectivity index (χ0) is 95.6. The van der Waals surface area contributed by atoms with E-state index in [9.17, 15) is 16.4 Å². The molecule has 14 rings (SSSR count). The van der Waals surface area contributed by atoms with Crippen molar-refractivity contribution in [1.29, 1.82) is 0 Å². The highest BCUT2D eigenvalue weighted by atomic mass is 16.5. The Kier molecular flexibility index (Phi) is 16.3. The van der Waals surface area contributed by atoms with Crippen LogP contribution in [0.3, 0.4) is 0 Å². The number of fused-ring (bicyclic) bond motifs is 8. The molecule has 4 aliphatic heterocycles. The molecule has 6 nitrogen and oxygen atoms in total. The first-order chi connectivity index (χ1) is 58.1. The van der Waals surface area contributed by atoms with Crippen LogP contribution in [0.2, 0.25) is 0 Å². The van der Waals surface area contributed by atoms with Gasteiger partial charge in [-0.1, -0.05) is 304 Å². The Labute approximate surface area is 718 Å². The van der Waals surface area contributed by atoms with E-state index in [0.717, 1.165) is 55.6 Å². The van der Waals surface area contributed by atoms with Gasteiger partial charge in [0.2, 0.25) is 0 Å². The molecule has 0 atom stereocenters. The largest absolute Gasteiger partial charge is 0.458 e. The number of hydrogen-bond acceptors (Lipinski definition) is 6. The molecule has 4 aliphatic rings. The standard InChI is InChI=1S/C108H135B2N3O3/c1-97(2,3)64-37-39-83-87(56-64)113(80-54-74(107(31,32)33)45-75(55-80)108(34,35)36)88-58-81(111(76-46-66(99(7,8)9)41-67(47-76)100(10,11)12)77-48-68(101(13,14)15)42-69(49-77)102(16,17)18)59-92-95(88)109(83)85-62-91-86(63-90(85)115-92)110-84-40-38-65(98(4,5)6)57-89(84)114-93-60-82(61-94(116-91)96(93)110)112(78-50-70(103(19,20)21)43-71(51-78)104(22,23)24)79-52-72(105(25,26)27)44-73(53-79)106(28,29)30/h37-63H,1-36H3/i37D,38D,39D,40D,56D,57D,58D,59D,60D,61D,62D,63D. The van der Waals surface area contributed by atoms with Crippen molar-refractivity contribution >= 4 is 97.4 Å². The Hall–Kier alpha value is -8.87. The van der Waals surface area contributed by atoms with Gasteiger partial charge in [0.25, 0.3) is 13.4 Å². The first-order valence-electron chi connectivity index (χ1n) is 48.1. The van der Waals surface area contributed by atoms with Crippen LogP contribution in [0.1, 0.15) is 332 Å². The molecule has 8 heteroatoms. The van der Waals surface area contributed by atoms with Crippen LogP contribution in [0.15, 0.2) is 164 Å². The lowest BCUT2D eigenvalue weighted by Crippen LogP contribution is -2.61. The predicted octanol–water partition coefficient (Wildman–Crippen LogP) is 27.3. The Bertz CT molecular complexity index is 6040. The van der Waals surface area contributed by atoms with Gasteiger partial charge in [0.15, 0.2) is 0 Å². The highest BCUT2D eigenvalue weighted by Crippen LogP contribution is 2.53. The minimum atomic E-state index is -1.50. The summed E-state index contributed by atoms with van der Waals surface area (Å²) in [5.74, 6) is -1.08. The fraction of sp³-hybridized carbons (Fsp3) is 0.444. The molecule has 0 amide bonds. The summed E-state index contributed by atoms with van der Waals surface area (Å²) < 4.78 is 156. The van der Waals surface area contributed by atoms with Crippen LogP contribution in [0.5, 0.6) is 34.5 Å². The van der Waals surface area contributed by atoms with E-state index in [2.05, 4.69) is 299 Å². The summed E-state index contributed by atoms with van der Waals surface area (Å²) in [5.41, 5.74) is 7.78. The van der Waals surface area contributed by atoms with Crippen LogP contribution in [0.25, 0.3) is 0 Å². The molecule has 0 aromatic heterocycles. The van der Waals surface area contributed by atoms with E-state index in [4.69, 9.17) is 14.2 Å². The van der Waals surface area contributed by atoms with Crippen LogP contribution in [0.4, 0.5) is 51.2 Å². The van der Waals surface area contributed by atoms with Crippen molar-refractivity contribution < 1.29 is 30.7 Å². The summed E-state index contributed by atoms with van der Waals surface area (Å²) in [6.45, 7) is 73.5. The Morgan fingerprint density at radius 3 is 0.776 bits per heavy atom. The van der Waals surface area contributed by atoms with Gasteiger partial charge in [-0.15, -0.1) is 0 Å². The second kappa shape index (κ2) is 27.3. The molecule has 10 aromatic rings. The molecular weight excluding hydrogens is 1410 g/mol. The summed E-state index contributed by atoms with van der Waals surface area (Å²) in [4.78, 5) is 5.90. The second-order valence-electron chi connectivity index (χ2n) is 46.1. The molecule has 10 aromatic carbocycles. The second-order valence-corrected chi connectivity index (χ2v) is 46.1. The van der Waals surface area contributed by atoms with E-state index in [1.54, 1.807) is 0 Å². The Morgan fingerprint density at radius 1 is 0.224 bits per heavy atom. The highest BCUT2D eigenvalue weighted by molar-refractivity contribution is 7.00. The van der Waals surface area contributed by atoms with Crippen molar-refractivity contribution in [2.75, 3.05) is 14.7 Å². The van der Waals surface area contributed by atoms with Gasteiger partial charge < -0.3 is 28.9 Å². The maximum Gasteiger partial charge on any atom is 0.260 e. The molecule has 0 spiro atoms. The predicted molar refractivity (Wildman–Crippen MR) is 504 cm³/mol. The Morgan fingerprint density at radius 2 is 0.474 bits per heavy atom. The van der Waals surface area contributed by atoms with Gasteiger partial charge in [-0.25, -0.2) is 0 Å². The van der Waals surface area contributed by atoms with E-state index >= 15 is 0 Å². The fourth-order valence-corrected chi connectivity index (χ4v) is 15.8. The normalized spacial score (nSPS) is 16.0. The summed E-state index contributed by atoms with van der Waals surface area (Å²) in [5, 5.41) is 0. The number of benzene rings is 10. The molecule has 4 heterocycles. The van der Waals surface area contributed by atoms with Gasteiger partial charge >= 0.3 is 0 Å². The molecule has 116 heavy (non-hydrogen) atoms. The van der Waals surface area contributed by atoms with Crippen molar-refractivity contribution in [3.05, 3.63) is 230 Å². The summed E-state index contributed by atoms with van der Waals surface area (Å²) in [6, 6.07) is 29.2. The molecular formula is C108H135B2N3O3. The van der Waals surface area contributed by atoms with Crippen molar-refractivity contribution in [2.24, 2.45) is 0 Å². The monoisotopic (exact) mass is 1560 g/mol. The van der Waals surface area contributed by atoms with Gasteiger partial charge in [0, 0.05) is 63.4 Å². The third kappa shape index (κ3) is 15.7. The lowest BCUT2D eigenvalue weighted by atomic mass is 9.32. The Balaban J connectivity index is 1.21. The van der Waals surface area contributed by atoms with Crippen LogP contribution in [-0.2, 0) is 65.0 Å². The van der Waals surface area contributed by atoms with Crippen molar-refractivity contribution in [2.45, 2.75) is 314 Å². The highest BCUT2D eigenvalue weighted by Gasteiger charge is 2.48. The number of anilines is 9. The summed E-state index contributed by atoms with van der Waals surface area (Å²) >= 11 is 0. The first-order valence-corrected chi connectivity index (χ1v) is 42.1. The topological polar surface area (TPSA) is 37.4 Å². The molecule has 0 saturated heterocycles. The lowest BCUT2D eigenvalue weighted by Gasteiger charge is -2.43. The molecule has 0 N–H and O–H groups in total. The van der Waals surface area contributed by atoms with Crippen molar-refractivity contribution in [3.8, 4) is 34.5 Å². The molecule has 0 saturated carbocycles. The van der Waals surface area contributed by atoms with E-state index in [0.29, 0.717) is 28.4 Å². The summed E-state index contributed by atoms with van der Waals surface area (Å²) in [7, 11) is 0. The van der Waals surface area contributed by atoms with E-state index in [-0.39, 0.29) is 162 Å². The van der Waals surface area contributed by atoms with E-state index in [1.165, 1.54) is 0 Å². The maximum atomic E-state index is 11.9. The van der Waals surface area contributed by atoms with E-state index < -0.39 is 90.5 Å². The first kappa shape index (κ1) is 69.1. The molecule has 0 radical (unpaired) electrons. The fourth-order valence-electron chi connectivity index (χ4n) is 15.8. The molecule has 0 fully saturated rings. The average Bonchev–Trinajstić information content (AvgIpc) is 0.670. The number of hydrogen-bond donors (Lipinski definition) is 0. The van der Waals surface area contributed by atoms with E-state index in [1.807, 2.05) is 56.2 Å². The number of nitrogens with zero attached hydrogens (tertiary/aromatic N) is 3.